The molecule has 0 aliphatic carbocycles. The average Bonchev–Trinajstić information content (AvgIpc) is 3.04. The zero-order chi connectivity index (χ0) is 14.7. The molecular weight excluding hydrogens is 262 g/mol. The normalized spacial score (nSPS) is 14.2. The summed E-state index contributed by atoms with van der Waals surface area (Å²) >= 11 is 0. The predicted molar refractivity (Wildman–Crippen MR) is 88.6 cm³/mol. The van der Waals surface area contributed by atoms with E-state index in [-0.39, 0.29) is 0 Å². The Kier molecular flexibility index (Phi) is 3.86. The summed E-state index contributed by atoms with van der Waals surface area (Å²) in [5.41, 5.74) is 9.88. The van der Waals surface area contributed by atoms with E-state index >= 15 is 0 Å². The van der Waals surface area contributed by atoms with E-state index in [4.69, 9.17) is 10.5 Å². The molecule has 2 aromatic carbocycles. The van der Waals surface area contributed by atoms with Crippen molar-refractivity contribution >= 4 is 22.7 Å². The second-order valence-corrected chi connectivity index (χ2v) is 5.29. The number of rotatable bonds is 4. The molecule has 0 aromatic heterocycles. The van der Waals surface area contributed by atoms with E-state index in [0.717, 1.165) is 24.5 Å². The van der Waals surface area contributed by atoms with Crippen molar-refractivity contribution in [3.05, 3.63) is 42.5 Å². The summed E-state index contributed by atoms with van der Waals surface area (Å²) in [6.07, 6.45) is 2.58. The second-order valence-electron chi connectivity index (χ2n) is 5.29. The van der Waals surface area contributed by atoms with E-state index < -0.39 is 0 Å². The van der Waals surface area contributed by atoms with Crippen molar-refractivity contribution in [2.45, 2.75) is 12.8 Å². The van der Waals surface area contributed by atoms with Gasteiger partial charge in [-0.3, -0.25) is 0 Å². The molecule has 1 aliphatic rings. The van der Waals surface area contributed by atoms with E-state index in [9.17, 15) is 0 Å². The Labute approximate surface area is 125 Å². The van der Waals surface area contributed by atoms with Crippen molar-refractivity contribution in [1.29, 1.82) is 0 Å². The van der Waals surface area contributed by atoms with Crippen molar-refractivity contribution < 1.29 is 4.74 Å². The van der Waals surface area contributed by atoms with Crippen LogP contribution < -0.4 is 20.7 Å². The maximum absolute atomic E-state index is 6.08. The van der Waals surface area contributed by atoms with Crippen LogP contribution in [0.15, 0.2) is 42.5 Å². The first-order valence-electron chi connectivity index (χ1n) is 7.32. The number of nitrogens with one attached hydrogen (secondary N) is 1. The van der Waals surface area contributed by atoms with Gasteiger partial charge in [0, 0.05) is 24.5 Å². The third-order valence-corrected chi connectivity index (χ3v) is 3.90. The van der Waals surface area contributed by atoms with Crippen molar-refractivity contribution in [2.75, 3.05) is 36.1 Å². The SMILES string of the molecule is COc1cccc(Nc2ccc(N3CCCC3)cc2)c1N. The minimum atomic E-state index is 0.628. The lowest BCUT2D eigenvalue weighted by Gasteiger charge is -2.18. The minimum absolute atomic E-state index is 0.628. The summed E-state index contributed by atoms with van der Waals surface area (Å²) in [5, 5.41) is 3.34. The number of methoxy groups -OCH3 is 1. The maximum atomic E-state index is 6.08. The first kappa shape index (κ1) is 13.6. The Hall–Kier alpha value is -2.36. The van der Waals surface area contributed by atoms with Gasteiger partial charge in [0.05, 0.1) is 18.5 Å². The summed E-state index contributed by atoms with van der Waals surface area (Å²) in [6, 6.07) is 14.2. The highest BCUT2D eigenvalue weighted by molar-refractivity contribution is 5.77. The largest absolute Gasteiger partial charge is 0.495 e. The van der Waals surface area contributed by atoms with Gasteiger partial charge < -0.3 is 20.7 Å². The summed E-state index contributed by atoms with van der Waals surface area (Å²) in [5.74, 6) is 0.689. The molecule has 4 nitrogen and oxygen atoms in total. The van der Waals surface area contributed by atoms with E-state index in [0.29, 0.717) is 11.4 Å². The smallest absolute Gasteiger partial charge is 0.143 e. The fourth-order valence-corrected chi connectivity index (χ4v) is 2.72. The Balaban J connectivity index is 1.76. The molecule has 0 amide bonds. The van der Waals surface area contributed by atoms with Gasteiger partial charge in [0.15, 0.2) is 0 Å². The van der Waals surface area contributed by atoms with Crippen LogP contribution in [-0.4, -0.2) is 20.2 Å². The molecule has 0 spiro atoms. The van der Waals surface area contributed by atoms with Crippen molar-refractivity contribution in [3.63, 3.8) is 0 Å². The Morgan fingerprint density at radius 2 is 1.76 bits per heavy atom. The number of nitrogens with zero attached hydrogens (tertiary/aromatic N) is 1. The number of nitrogen functional groups attached to an aromatic ring is 1. The maximum Gasteiger partial charge on any atom is 0.143 e. The lowest BCUT2D eigenvalue weighted by Crippen LogP contribution is -2.17. The number of ether oxygens (including phenoxy) is 1. The highest BCUT2D eigenvalue weighted by atomic mass is 16.5. The number of para-hydroxylation sites is 1. The molecule has 21 heavy (non-hydrogen) atoms. The van der Waals surface area contributed by atoms with Crippen LogP contribution in [0.3, 0.4) is 0 Å². The molecule has 2 aromatic rings. The van der Waals surface area contributed by atoms with E-state index in [1.165, 1.54) is 18.5 Å². The third kappa shape index (κ3) is 2.89. The second kappa shape index (κ2) is 5.95. The zero-order valence-electron chi connectivity index (χ0n) is 12.3. The van der Waals surface area contributed by atoms with Crippen molar-refractivity contribution in [1.82, 2.24) is 0 Å². The molecular formula is C17H21N3O. The van der Waals surface area contributed by atoms with Gasteiger partial charge in [0.25, 0.3) is 0 Å². The minimum Gasteiger partial charge on any atom is -0.495 e. The van der Waals surface area contributed by atoms with Crippen LogP contribution in [0.5, 0.6) is 5.75 Å². The first-order valence-corrected chi connectivity index (χ1v) is 7.32. The molecule has 0 unspecified atom stereocenters. The van der Waals surface area contributed by atoms with Gasteiger partial charge in [0.1, 0.15) is 5.75 Å². The molecule has 1 heterocycles. The van der Waals surface area contributed by atoms with Crippen LogP contribution >= 0.6 is 0 Å². The zero-order valence-corrected chi connectivity index (χ0v) is 12.3. The average molecular weight is 283 g/mol. The van der Waals surface area contributed by atoms with Crippen LogP contribution in [-0.2, 0) is 0 Å². The number of hydrogen-bond donors (Lipinski definition) is 2. The molecule has 4 heteroatoms. The quantitative estimate of drug-likeness (QED) is 0.841. The number of anilines is 4. The standard InChI is InChI=1S/C17H21N3O/c1-21-16-6-4-5-15(17(16)18)19-13-7-9-14(10-8-13)20-11-2-3-12-20/h4-10,19H,2-3,11-12,18H2,1H3. The third-order valence-electron chi connectivity index (χ3n) is 3.90. The lowest BCUT2D eigenvalue weighted by molar-refractivity contribution is 0.417. The molecule has 0 atom stereocenters. The van der Waals surface area contributed by atoms with Gasteiger partial charge in [0.2, 0.25) is 0 Å². The molecule has 1 fully saturated rings. The molecule has 0 saturated carbocycles. The molecule has 3 rings (SSSR count). The van der Waals surface area contributed by atoms with Gasteiger partial charge in [-0.05, 0) is 49.2 Å². The number of benzene rings is 2. The van der Waals surface area contributed by atoms with Crippen LogP contribution in [0, 0.1) is 0 Å². The van der Waals surface area contributed by atoms with Crippen LogP contribution in [0.25, 0.3) is 0 Å². The summed E-state index contributed by atoms with van der Waals surface area (Å²) in [4.78, 5) is 2.42. The van der Waals surface area contributed by atoms with Crippen LogP contribution in [0.1, 0.15) is 12.8 Å². The van der Waals surface area contributed by atoms with Crippen molar-refractivity contribution in [2.24, 2.45) is 0 Å². The highest BCUT2D eigenvalue weighted by Crippen LogP contribution is 2.32. The molecule has 110 valence electrons. The Morgan fingerprint density at radius 3 is 2.43 bits per heavy atom. The predicted octanol–water partition coefficient (Wildman–Crippen LogP) is 3.62. The summed E-state index contributed by atoms with van der Waals surface area (Å²) in [6.45, 7) is 2.32. The van der Waals surface area contributed by atoms with E-state index in [1.54, 1.807) is 7.11 Å². The van der Waals surface area contributed by atoms with Gasteiger partial charge >= 0.3 is 0 Å². The van der Waals surface area contributed by atoms with Gasteiger partial charge in [-0.2, -0.15) is 0 Å². The summed E-state index contributed by atoms with van der Waals surface area (Å²) < 4.78 is 5.24. The van der Waals surface area contributed by atoms with Gasteiger partial charge in [-0.15, -0.1) is 0 Å². The fraction of sp³-hybridized carbons (Fsp3) is 0.294. The van der Waals surface area contributed by atoms with Gasteiger partial charge in [-0.25, -0.2) is 0 Å². The topological polar surface area (TPSA) is 50.5 Å². The molecule has 3 N–H and O–H groups in total. The molecule has 0 radical (unpaired) electrons. The number of hydrogen-bond acceptors (Lipinski definition) is 4. The van der Waals surface area contributed by atoms with Crippen LogP contribution in [0.2, 0.25) is 0 Å². The fourth-order valence-electron chi connectivity index (χ4n) is 2.72. The monoisotopic (exact) mass is 283 g/mol. The van der Waals surface area contributed by atoms with E-state index in [2.05, 4.69) is 34.5 Å². The lowest BCUT2D eigenvalue weighted by atomic mass is 10.2. The molecule has 1 aliphatic heterocycles. The first-order chi connectivity index (χ1) is 10.3. The van der Waals surface area contributed by atoms with Gasteiger partial charge in [-0.1, -0.05) is 6.07 Å². The number of nitrogens with two attached hydrogens (primary N) is 1. The molecule has 0 bridgehead atoms. The van der Waals surface area contributed by atoms with Crippen molar-refractivity contribution in [3.8, 4) is 5.75 Å². The molecule has 1 saturated heterocycles. The summed E-state index contributed by atoms with van der Waals surface area (Å²) in [7, 11) is 1.63. The highest BCUT2D eigenvalue weighted by Gasteiger charge is 2.12. The van der Waals surface area contributed by atoms with E-state index in [1.807, 2.05) is 18.2 Å². The van der Waals surface area contributed by atoms with Crippen LogP contribution in [0.4, 0.5) is 22.7 Å². The Bertz CT molecular complexity index is 604. The Morgan fingerprint density at radius 1 is 1.05 bits per heavy atom.